The molecule has 1 heterocycles. The van der Waals surface area contributed by atoms with Crippen LogP contribution in [0.3, 0.4) is 0 Å². The standard InChI is InChI=1S/C17H19N3O3/c1-17(15(22)19-16(23)20-17)12-8-5-9-13(10-12)18-14(21)11-6-3-2-4-7-11/h2-3,5,8-11H,4,6-7H2,1H3,(H,18,21)(H2,19,20,22,23)/t11-,17+/m1/s1. The molecule has 3 N–H and O–H groups in total. The molecule has 0 bridgehead atoms. The van der Waals surface area contributed by atoms with E-state index >= 15 is 0 Å². The van der Waals surface area contributed by atoms with Crippen LogP contribution >= 0.6 is 0 Å². The molecule has 0 spiro atoms. The van der Waals surface area contributed by atoms with E-state index in [2.05, 4.69) is 22.0 Å². The third kappa shape index (κ3) is 2.97. The van der Waals surface area contributed by atoms with E-state index in [4.69, 9.17) is 0 Å². The smallest absolute Gasteiger partial charge is 0.322 e. The van der Waals surface area contributed by atoms with Crippen molar-refractivity contribution in [3.05, 3.63) is 42.0 Å². The monoisotopic (exact) mass is 313 g/mol. The zero-order chi connectivity index (χ0) is 16.4. The predicted molar refractivity (Wildman–Crippen MR) is 85.6 cm³/mol. The average Bonchev–Trinajstić information content (AvgIpc) is 2.82. The van der Waals surface area contributed by atoms with Crippen molar-refractivity contribution >= 4 is 23.5 Å². The van der Waals surface area contributed by atoms with Gasteiger partial charge in [0, 0.05) is 11.6 Å². The molecule has 3 rings (SSSR count). The molecule has 6 nitrogen and oxygen atoms in total. The molecule has 0 aromatic heterocycles. The summed E-state index contributed by atoms with van der Waals surface area (Å²) in [5.74, 6) is -0.436. The fourth-order valence-electron chi connectivity index (χ4n) is 2.93. The average molecular weight is 313 g/mol. The van der Waals surface area contributed by atoms with Crippen LogP contribution in [0.4, 0.5) is 10.5 Å². The molecule has 0 unspecified atom stereocenters. The SMILES string of the molecule is C[C@@]1(c2cccc(NC(=O)[C@@H]3CC=CCC3)c2)NC(=O)NC1=O. The summed E-state index contributed by atoms with van der Waals surface area (Å²) in [6.07, 6.45) is 6.64. The Balaban J connectivity index is 1.78. The van der Waals surface area contributed by atoms with Gasteiger partial charge in [-0.05, 0) is 43.9 Å². The molecule has 1 aliphatic carbocycles. The van der Waals surface area contributed by atoms with Gasteiger partial charge in [0.2, 0.25) is 5.91 Å². The van der Waals surface area contributed by atoms with E-state index in [0.717, 1.165) is 19.3 Å². The minimum absolute atomic E-state index is 0.0171. The van der Waals surface area contributed by atoms with Crippen molar-refractivity contribution in [3.8, 4) is 0 Å². The number of anilines is 1. The maximum Gasteiger partial charge on any atom is 0.322 e. The lowest BCUT2D eigenvalue weighted by Gasteiger charge is -2.22. The Morgan fingerprint density at radius 1 is 1.30 bits per heavy atom. The van der Waals surface area contributed by atoms with Gasteiger partial charge in [-0.25, -0.2) is 4.79 Å². The highest BCUT2D eigenvalue weighted by Gasteiger charge is 2.43. The van der Waals surface area contributed by atoms with E-state index in [9.17, 15) is 14.4 Å². The van der Waals surface area contributed by atoms with Gasteiger partial charge in [0.15, 0.2) is 0 Å². The number of hydrogen-bond acceptors (Lipinski definition) is 3. The molecule has 1 fully saturated rings. The molecule has 1 aromatic rings. The number of urea groups is 1. The lowest BCUT2D eigenvalue weighted by molar-refractivity contribution is -0.123. The number of imide groups is 1. The summed E-state index contributed by atoms with van der Waals surface area (Å²) in [4.78, 5) is 35.7. The fraction of sp³-hybridized carbons (Fsp3) is 0.353. The first-order valence-electron chi connectivity index (χ1n) is 7.69. The summed E-state index contributed by atoms with van der Waals surface area (Å²) in [6, 6.07) is 6.50. The van der Waals surface area contributed by atoms with Crippen LogP contribution in [-0.4, -0.2) is 17.8 Å². The molecule has 2 atom stereocenters. The largest absolute Gasteiger partial charge is 0.326 e. The number of allylic oxidation sites excluding steroid dienone is 2. The molecular weight excluding hydrogens is 294 g/mol. The highest BCUT2D eigenvalue weighted by Crippen LogP contribution is 2.27. The predicted octanol–water partition coefficient (Wildman–Crippen LogP) is 2.04. The van der Waals surface area contributed by atoms with Crippen LogP contribution in [-0.2, 0) is 15.1 Å². The van der Waals surface area contributed by atoms with Gasteiger partial charge >= 0.3 is 6.03 Å². The number of benzene rings is 1. The van der Waals surface area contributed by atoms with Gasteiger partial charge < -0.3 is 10.6 Å². The van der Waals surface area contributed by atoms with Gasteiger partial charge in [0.1, 0.15) is 5.54 Å². The molecule has 1 aliphatic heterocycles. The number of amides is 4. The number of rotatable bonds is 3. The van der Waals surface area contributed by atoms with Crippen LogP contribution in [0, 0.1) is 5.92 Å². The topological polar surface area (TPSA) is 87.3 Å². The van der Waals surface area contributed by atoms with E-state index in [-0.39, 0.29) is 11.8 Å². The highest BCUT2D eigenvalue weighted by molar-refractivity contribution is 6.07. The second-order valence-corrected chi connectivity index (χ2v) is 6.08. The highest BCUT2D eigenvalue weighted by atomic mass is 16.2. The Hall–Kier alpha value is -2.63. The summed E-state index contributed by atoms with van der Waals surface area (Å²) in [5, 5.41) is 7.75. The summed E-state index contributed by atoms with van der Waals surface area (Å²) in [7, 11) is 0. The lowest BCUT2D eigenvalue weighted by atomic mass is 9.91. The maximum atomic E-state index is 12.3. The number of hydrogen-bond donors (Lipinski definition) is 3. The molecule has 2 aliphatic rings. The molecule has 1 saturated heterocycles. The van der Waals surface area contributed by atoms with Gasteiger partial charge in [-0.2, -0.15) is 0 Å². The van der Waals surface area contributed by atoms with E-state index < -0.39 is 17.5 Å². The first-order valence-corrected chi connectivity index (χ1v) is 7.69. The molecule has 0 radical (unpaired) electrons. The van der Waals surface area contributed by atoms with Gasteiger partial charge in [0.05, 0.1) is 0 Å². The van der Waals surface area contributed by atoms with E-state index in [1.54, 1.807) is 31.2 Å². The van der Waals surface area contributed by atoms with Crippen molar-refractivity contribution in [1.29, 1.82) is 0 Å². The Morgan fingerprint density at radius 3 is 2.78 bits per heavy atom. The van der Waals surface area contributed by atoms with Crippen molar-refractivity contribution in [1.82, 2.24) is 10.6 Å². The van der Waals surface area contributed by atoms with Crippen LogP contribution in [0.5, 0.6) is 0 Å². The van der Waals surface area contributed by atoms with Gasteiger partial charge in [-0.1, -0.05) is 24.3 Å². The Labute approximate surface area is 134 Å². The van der Waals surface area contributed by atoms with E-state index in [1.807, 2.05) is 6.08 Å². The van der Waals surface area contributed by atoms with Crippen LogP contribution in [0.1, 0.15) is 31.7 Å². The van der Waals surface area contributed by atoms with Gasteiger partial charge in [-0.3, -0.25) is 14.9 Å². The molecule has 6 heteroatoms. The molecule has 23 heavy (non-hydrogen) atoms. The quantitative estimate of drug-likeness (QED) is 0.589. The van der Waals surface area contributed by atoms with Crippen LogP contribution in [0.25, 0.3) is 0 Å². The minimum atomic E-state index is -1.12. The van der Waals surface area contributed by atoms with E-state index in [1.165, 1.54) is 0 Å². The molecule has 0 saturated carbocycles. The minimum Gasteiger partial charge on any atom is -0.326 e. The Kier molecular flexibility index (Phi) is 3.90. The Bertz CT molecular complexity index is 698. The van der Waals surface area contributed by atoms with Crippen LogP contribution in [0.2, 0.25) is 0 Å². The summed E-state index contributed by atoms with van der Waals surface area (Å²) in [6.45, 7) is 1.64. The van der Waals surface area contributed by atoms with Crippen molar-refractivity contribution in [3.63, 3.8) is 0 Å². The summed E-state index contributed by atoms with van der Waals surface area (Å²) >= 11 is 0. The molecule has 1 aromatic carbocycles. The first kappa shape index (κ1) is 15.3. The molecule has 4 amide bonds. The molecule has 120 valence electrons. The fourth-order valence-corrected chi connectivity index (χ4v) is 2.93. The van der Waals surface area contributed by atoms with Crippen molar-refractivity contribution in [2.75, 3.05) is 5.32 Å². The summed E-state index contributed by atoms with van der Waals surface area (Å²) < 4.78 is 0. The van der Waals surface area contributed by atoms with Crippen molar-refractivity contribution in [2.24, 2.45) is 5.92 Å². The second kappa shape index (κ2) is 5.87. The zero-order valence-corrected chi connectivity index (χ0v) is 12.9. The first-order chi connectivity index (χ1) is 11.0. The number of nitrogens with one attached hydrogen (secondary N) is 3. The van der Waals surface area contributed by atoms with Gasteiger partial charge in [-0.15, -0.1) is 0 Å². The lowest BCUT2D eigenvalue weighted by Crippen LogP contribution is -2.40. The number of carbonyl (C=O) groups excluding carboxylic acids is 3. The zero-order valence-electron chi connectivity index (χ0n) is 12.9. The van der Waals surface area contributed by atoms with Gasteiger partial charge in [0.25, 0.3) is 5.91 Å². The van der Waals surface area contributed by atoms with Crippen molar-refractivity contribution < 1.29 is 14.4 Å². The van der Waals surface area contributed by atoms with Crippen LogP contribution in [0.15, 0.2) is 36.4 Å². The number of carbonyl (C=O) groups is 3. The second-order valence-electron chi connectivity index (χ2n) is 6.08. The normalized spacial score (nSPS) is 26.6. The van der Waals surface area contributed by atoms with Crippen molar-refractivity contribution in [2.45, 2.75) is 31.7 Å². The third-order valence-corrected chi connectivity index (χ3v) is 4.39. The molecular formula is C17H19N3O3. The van der Waals surface area contributed by atoms with E-state index in [0.29, 0.717) is 11.3 Å². The maximum absolute atomic E-state index is 12.3. The van der Waals surface area contributed by atoms with Crippen LogP contribution < -0.4 is 16.0 Å². The Morgan fingerprint density at radius 2 is 2.13 bits per heavy atom. The third-order valence-electron chi connectivity index (χ3n) is 4.39. The summed E-state index contributed by atoms with van der Waals surface area (Å²) in [5.41, 5.74) is 0.130.